The Hall–Kier alpha value is -2.17. The first-order valence-corrected chi connectivity index (χ1v) is 14.6. The molecule has 1 N–H and O–H groups in total. The number of pyridine rings is 1. The van der Waals surface area contributed by atoms with Crippen molar-refractivity contribution in [3.8, 4) is 0 Å². The number of alkyl halides is 2. The highest BCUT2D eigenvalue weighted by atomic mass is 127. The van der Waals surface area contributed by atoms with Crippen LogP contribution in [0.15, 0.2) is 30.3 Å². The van der Waals surface area contributed by atoms with Crippen molar-refractivity contribution in [2.45, 2.75) is 57.3 Å². The number of anilines is 4. The van der Waals surface area contributed by atoms with Gasteiger partial charge in [-0.05, 0) is 96.9 Å². The third-order valence-corrected chi connectivity index (χ3v) is 9.33. The number of benzene rings is 1. The number of halogens is 3. The maximum atomic E-state index is 13.9. The Morgan fingerprint density at radius 3 is 2.14 bits per heavy atom. The minimum absolute atomic E-state index is 0.173. The normalized spacial score (nSPS) is 22.4. The highest BCUT2D eigenvalue weighted by molar-refractivity contribution is 14.1. The minimum Gasteiger partial charge on any atom is -0.371 e. The molecule has 4 fully saturated rings. The van der Waals surface area contributed by atoms with Crippen LogP contribution in [0.4, 0.5) is 31.8 Å². The quantitative estimate of drug-likeness (QED) is 0.406. The highest BCUT2D eigenvalue weighted by Crippen LogP contribution is 2.54. The summed E-state index contributed by atoms with van der Waals surface area (Å²) in [5.74, 6) is -1.65. The lowest BCUT2D eigenvalue weighted by atomic mass is 9.93. The molecule has 1 aromatic carbocycles. The molecule has 0 unspecified atom stereocenters. The number of hydrogen-bond donors (Lipinski definition) is 1. The molecule has 1 aromatic heterocycles. The summed E-state index contributed by atoms with van der Waals surface area (Å²) in [7, 11) is 0. The summed E-state index contributed by atoms with van der Waals surface area (Å²) in [4.78, 5) is 25.0. The number of nitrogens with one attached hydrogen (secondary N) is 1. The van der Waals surface area contributed by atoms with E-state index in [9.17, 15) is 13.6 Å². The van der Waals surface area contributed by atoms with Crippen molar-refractivity contribution in [1.29, 1.82) is 0 Å². The first-order chi connectivity index (χ1) is 17.8. The average Bonchev–Trinajstić information content (AvgIpc) is 3.41. The summed E-state index contributed by atoms with van der Waals surface area (Å²) in [5, 5.41) is 3.03. The van der Waals surface area contributed by atoms with Crippen LogP contribution in [-0.2, 0) is 0 Å². The van der Waals surface area contributed by atoms with Crippen LogP contribution in [0.5, 0.6) is 0 Å². The van der Waals surface area contributed by atoms with E-state index in [2.05, 4.69) is 43.8 Å². The predicted molar refractivity (Wildman–Crippen MR) is 152 cm³/mol. The van der Waals surface area contributed by atoms with Crippen LogP contribution < -0.4 is 20.0 Å². The summed E-state index contributed by atoms with van der Waals surface area (Å²) in [6.07, 6.45) is 6.95. The predicted octanol–water partition coefficient (Wildman–Crippen LogP) is 6.15. The number of rotatable bonds is 5. The van der Waals surface area contributed by atoms with Crippen LogP contribution in [0.3, 0.4) is 0 Å². The highest BCUT2D eigenvalue weighted by Gasteiger charge is 2.44. The molecule has 1 spiro atoms. The van der Waals surface area contributed by atoms with Crippen molar-refractivity contribution >= 4 is 51.5 Å². The van der Waals surface area contributed by atoms with Crippen molar-refractivity contribution in [2.75, 3.05) is 59.3 Å². The molecule has 9 heteroatoms. The van der Waals surface area contributed by atoms with Crippen molar-refractivity contribution in [1.82, 2.24) is 4.98 Å². The van der Waals surface area contributed by atoms with Gasteiger partial charge < -0.3 is 20.0 Å². The molecular formula is C28H34F2IN5O. The molecule has 3 aliphatic heterocycles. The van der Waals surface area contributed by atoms with Gasteiger partial charge in [0.15, 0.2) is 5.82 Å². The Kier molecular flexibility index (Phi) is 6.69. The Bertz CT molecular complexity index is 1160. The lowest BCUT2D eigenvalue weighted by Gasteiger charge is -2.35. The molecular weight excluding hydrogens is 587 g/mol. The van der Waals surface area contributed by atoms with Gasteiger partial charge >= 0.3 is 0 Å². The third-order valence-electron chi connectivity index (χ3n) is 8.66. The van der Waals surface area contributed by atoms with E-state index in [0.717, 1.165) is 54.0 Å². The number of amides is 1. The molecule has 0 atom stereocenters. The Balaban J connectivity index is 1.25. The summed E-state index contributed by atoms with van der Waals surface area (Å²) in [6, 6.07) is 9.81. The van der Waals surface area contributed by atoms with Crippen molar-refractivity contribution in [3.63, 3.8) is 0 Å². The van der Waals surface area contributed by atoms with Crippen molar-refractivity contribution in [3.05, 3.63) is 39.5 Å². The molecule has 4 aliphatic rings. The molecule has 1 saturated carbocycles. The summed E-state index contributed by atoms with van der Waals surface area (Å²) in [5.41, 5.74) is 3.17. The second-order valence-corrected chi connectivity index (χ2v) is 12.4. The SMILES string of the molecule is O=C(Nc1ccc(N2CCCC2)c(N2CCC(F)(F)CC2)n1)c1ccc(I)cc1N1CCC2(CC1)CC2. The summed E-state index contributed by atoms with van der Waals surface area (Å²) in [6.45, 7) is 4.35. The minimum atomic E-state index is -2.62. The molecule has 4 heterocycles. The van der Waals surface area contributed by atoms with Gasteiger partial charge in [0.05, 0.1) is 16.9 Å². The molecule has 198 valence electrons. The van der Waals surface area contributed by atoms with E-state index in [1.54, 1.807) is 0 Å². The summed E-state index contributed by atoms with van der Waals surface area (Å²) >= 11 is 2.30. The molecule has 3 saturated heterocycles. The molecule has 1 aliphatic carbocycles. The molecule has 1 amide bonds. The fraction of sp³-hybridized carbons (Fsp3) is 0.571. The monoisotopic (exact) mass is 621 g/mol. The van der Waals surface area contributed by atoms with Crippen LogP contribution in [0.1, 0.15) is 61.7 Å². The molecule has 0 bridgehead atoms. The van der Waals surface area contributed by atoms with E-state index in [1.165, 1.54) is 25.7 Å². The Morgan fingerprint density at radius 2 is 1.46 bits per heavy atom. The second kappa shape index (κ2) is 9.85. The van der Waals surface area contributed by atoms with Gasteiger partial charge in [0.1, 0.15) is 5.82 Å². The second-order valence-electron chi connectivity index (χ2n) is 11.2. The molecule has 0 radical (unpaired) electrons. The van der Waals surface area contributed by atoms with Gasteiger partial charge in [-0.15, -0.1) is 0 Å². The van der Waals surface area contributed by atoms with Gasteiger partial charge in [0.25, 0.3) is 11.8 Å². The van der Waals surface area contributed by atoms with E-state index in [0.29, 0.717) is 22.6 Å². The zero-order valence-corrected chi connectivity index (χ0v) is 23.3. The third kappa shape index (κ3) is 5.38. The van der Waals surface area contributed by atoms with Crippen LogP contribution in [0.25, 0.3) is 0 Å². The maximum absolute atomic E-state index is 13.9. The number of aromatic nitrogens is 1. The van der Waals surface area contributed by atoms with Gasteiger partial charge in [-0.1, -0.05) is 0 Å². The number of carbonyl (C=O) groups excluding carboxylic acids is 1. The average molecular weight is 622 g/mol. The number of nitrogens with zero attached hydrogens (tertiary/aromatic N) is 4. The van der Waals surface area contributed by atoms with Crippen molar-refractivity contribution in [2.24, 2.45) is 5.41 Å². The zero-order valence-electron chi connectivity index (χ0n) is 21.1. The van der Waals surface area contributed by atoms with E-state index in [4.69, 9.17) is 4.98 Å². The smallest absolute Gasteiger partial charge is 0.258 e. The molecule has 6 rings (SSSR count). The van der Waals surface area contributed by atoms with Gasteiger partial charge in [0, 0.05) is 55.7 Å². The van der Waals surface area contributed by atoms with Crippen molar-refractivity contribution < 1.29 is 13.6 Å². The first kappa shape index (κ1) is 25.1. The zero-order chi connectivity index (χ0) is 25.6. The number of carbonyl (C=O) groups is 1. The Morgan fingerprint density at radius 1 is 0.811 bits per heavy atom. The Labute approximate surface area is 230 Å². The van der Waals surface area contributed by atoms with Crippen LogP contribution >= 0.6 is 22.6 Å². The first-order valence-electron chi connectivity index (χ1n) is 13.6. The fourth-order valence-corrected chi connectivity index (χ4v) is 6.51. The molecule has 37 heavy (non-hydrogen) atoms. The lowest BCUT2D eigenvalue weighted by molar-refractivity contribution is -0.0221. The largest absolute Gasteiger partial charge is 0.371 e. The van der Waals surface area contributed by atoms with Gasteiger partial charge in [-0.3, -0.25) is 4.79 Å². The van der Waals surface area contributed by atoms with Crippen LogP contribution in [-0.4, -0.2) is 56.1 Å². The van der Waals surface area contributed by atoms with Gasteiger partial charge in [-0.2, -0.15) is 0 Å². The molecule has 6 nitrogen and oxygen atoms in total. The fourth-order valence-electron chi connectivity index (χ4n) is 6.03. The topological polar surface area (TPSA) is 51.7 Å². The summed E-state index contributed by atoms with van der Waals surface area (Å²) < 4.78 is 28.9. The number of hydrogen-bond acceptors (Lipinski definition) is 5. The van der Waals surface area contributed by atoms with E-state index in [1.807, 2.05) is 29.2 Å². The van der Waals surface area contributed by atoms with Crippen LogP contribution in [0, 0.1) is 8.99 Å². The van der Waals surface area contributed by atoms with E-state index >= 15 is 0 Å². The molecule has 2 aromatic rings. The number of piperidine rings is 2. The van der Waals surface area contributed by atoms with E-state index < -0.39 is 5.92 Å². The van der Waals surface area contributed by atoms with Crippen LogP contribution in [0.2, 0.25) is 0 Å². The maximum Gasteiger partial charge on any atom is 0.258 e. The standard InChI is InChI=1S/C28H34F2IN5O/c29-28(30)11-17-36(18-12-28)25-22(34-13-1-2-14-34)5-6-24(32-25)33-26(37)21-4-3-20(31)19-23(21)35-15-9-27(7-8-27)10-16-35/h3-6,19H,1-2,7-18H2,(H,32,33,37). The van der Waals surface area contributed by atoms with E-state index in [-0.39, 0.29) is 31.8 Å². The van der Waals surface area contributed by atoms with Gasteiger partial charge in [-0.25, -0.2) is 13.8 Å². The van der Waals surface area contributed by atoms with Gasteiger partial charge in [0.2, 0.25) is 0 Å². The lowest BCUT2D eigenvalue weighted by Crippen LogP contribution is -2.40.